The van der Waals surface area contributed by atoms with Crippen molar-refractivity contribution in [1.29, 1.82) is 0 Å². The summed E-state index contributed by atoms with van der Waals surface area (Å²) in [5, 5.41) is 12.7. The third-order valence-corrected chi connectivity index (χ3v) is 6.05. The molecule has 0 radical (unpaired) electrons. The van der Waals surface area contributed by atoms with Crippen LogP contribution < -0.4 is 14.9 Å². The zero-order chi connectivity index (χ0) is 20.9. The number of hydrogen-bond acceptors (Lipinski definition) is 6. The number of nitrogens with one attached hydrogen (secondary N) is 2. The highest BCUT2D eigenvalue weighted by atomic mass is 32.2. The fourth-order valence-electron chi connectivity index (χ4n) is 3.27. The highest BCUT2D eigenvalue weighted by molar-refractivity contribution is 7.93. The molecule has 8 nitrogen and oxygen atoms in total. The van der Waals surface area contributed by atoms with Crippen molar-refractivity contribution >= 4 is 27.3 Å². The Bertz CT molecular complexity index is 902. The van der Waals surface area contributed by atoms with Gasteiger partial charge in [0.05, 0.1) is 12.8 Å². The molecule has 9 heteroatoms. The van der Waals surface area contributed by atoms with Crippen molar-refractivity contribution in [3.8, 4) is 0 Å². The molecule has 3 rings (SSSR count). The van der Waals surface area contributed by atoms with Gasteiger partial charge in [-0.2, -0.15) is 0 Å². The molecular weight excluding hydrogens is 394 g/mol. The average molecular weight is 422 g/mol. The first-order chi connectivity index (χ1) is 13.8. The summed E-state index contributed by atoms with van der Waals surface area (Å²) in [6.07, 6.45) is 4.98. The summed E-state index contributed by atoms with van der Waals surface area (Å²) in [5.41, 5.74) is 0.0346. The molecule has 2 aromatic rings. The van der Waals surface area contributed by atoms with Crippen molar-refractivity contribution in [3.63, 3.8) is 0 Å². The van der Waals surface area contributed by atoms with Gasteiger partial charge in [0.2, 0.25) is 15.9 Å². The number of furan rings is 1. The molecule has 1 saturated heterocycles. The fraction of sp³-hybridized carbons (Fsp3) is 0.450. The Morgan fingerprint density at radius 2 is 1.86 bits per heavy atom. The number of amides is 1. The topological polar surface area (TPSA) is 112 Å². The molecule has 1 amide bonds. The van der Waals surface area contributed by atoms with Crippen molar-refractivity contribution in [1.82, 2.24) is 5.32 Å². The maximum absolute atomic E-state index is 12.3. The molecule has 0 aliphatic carbocycles. The molecule has 3 N–H and O–H groups in total. The number of carbonyl (C=O) groups is 1. The van der Waals surface area contributed by atoms with Gasteiger partial charge < -0.3 is 19.7 Å². The van der Waals surface area contributed by atoms with Crippen LogP contribution in [0.25, 0.3) is 0 Å². The number of benzene rings is 1. The molecule has 29 heavy (non-hydrogen) atoms. The number of nitrogens with zero attached hydrogens (tertiary/aromatic N) is 1. The molecular formula is C20H27N3O5S. The van der Waals surface area contributed by atoms with Gasteiger partial charge in [0.15, 0.2) is 0 Å². The van der Waals surface area contributed by atoms with Gasteiger partial charge in [-0.1, -0.05) is 0 Å². The molecule has 1 aromatic heterocycles. The van der Waals surface area contributed by atoms with Crippen LogP contribution in [0.15, 0.2) is 47.1 Å². The van der Waals surface area contributed by atoms with E-state index in [1.807, 2.05) is 12.1 Å². The Labute approximate surface area is 171 Å². The zero-order valence-corrected chi connectivity index (χ0v) is 17.2. The zero-order valence-electron chi connectivity index (χ0n) is 16.4. The highest BCUT2D eigenvalue weighted by Gasteiger charge is 2.27. The Morgan fingerprint density at radius 3 is 2.48 bits per heavy atom. The quantitative estimate of drug-likeness (QED) is 0.601. The van der Waals surface area contributed by atoms with E-state index in [1.165, 1.54) is 19.6 Å². The largest absolute Gasteiger partial charge is 0.466 e. The minimum atomic E-state index is -3.87. The lowest BCUT2D eigenvalue weighted by Crippen LogP contribution is -2.41. The number of anilines is 2. The maximum atomic E-state index is 12.3. The van der Waals surface area contributed by atoms with E-state index in [0.29, 0.717) is 5.69 Å². The SMILES string of the molecule is CC(O)(CNC(=O)CS(=O)(=O)Nc1ccc(N2CCCCC2)cc1)c1ccco1. The van der Waals surface area contributed by atoms with Gasteiger partial charge in [0.1, 0.15) is 17.1 Å². The van der Waals surface area contributed by atoms with Crippen molar-refractivity contribution in [2.24, 2.45) is 0 Å². The molecule has 1 aliphatic rings. The lowest BCUT2D eigenvalue weighted by atomic mass is 10.0. The van der Waals surface area contributed by atoms with Gasteiger partial charge in [-0.25, -0.2) is 8.42 Å². The monoisotopic (exact) mass is 421 g/mol. The number of rotatable bonds is 8. The van der Waals surface area contributed by atoms with E-state index < -0.39 is 27.3 Å². The number of hydrogen-bond donors (Lipinski definition) is 3. The summed E-state index contributed by atoms with van der Waals surface area (Å²) in [7, 11) is -3.87. The first kappa shape index (κ1) is 21.2. The predicted octanol–water partition coefficient (Wildman–Crippen LogP) is 2.04. The summed E-state index contributed by atoms with van der Waals surface area (Å²) in [6, 6.07) is 10.4. The smallest absolute Gasteiger partial charge is 0.241 e. The van der Waals surface area contributed by atoms with E-state index in [0.717, 1.165) is 31.6 Å². The van der Waals surface area contributed by atoms with Gasteiger partial charge in [-0.05, 0) is 62.6 Å². The minimum absolute atomic E-state index is 0.167. The molecule has 1 unspecified atom stereocenters. The molecule has 158 valence electrons. The molecule has 1 atom stereocenters. The van der Waals surface area contributed by atoms with E-state index >= 15 is 0 Å². The Kier molecular flexibility index (Phi) is 6.49. The van der Waals surface area contributed by atoms with Crippen molar-refractivity contribution < 1.29 is 22.7 Å². The third kappa shape index (κ3) is 5.98. The van der Waals surface area contributed by atoms with Crippen LogP contribution in [0.2, 0.25) is 0 Å². The number of aliphatic hydroxyl groups is 1. The van der Waals surface area contributed by atoms with E-state index in [2.05, 4.69) is 14.9 Å². The van der Waals surface area contributed by atoms with Crippen LogP contribution in [0.4, 0.5) is 11.4 Å². The van der Waals surface area contributed by atoms with Crippen LogP contribution in [0.3, 0.4) is 0 Å². The predicted molar refractivity (Wildman–Crippen MR) is 111 cm³/mol. The third-order valence-electron chi connectivity index (χ3n) is 4.86. The lowest BCUT2D eigenvalue weighted by molar-refractivity contribution is -0.120. The van der Waals surface area contributed by atoms with Gasteiger partial charge in [0, 0.05) is 24.5 Å². The van der Waals surface area contributed by atoms with Crippen LogP contribution in [0, 0.1) is 0 Å². The van der Waals surface area contributed by atoms with Crippen LogP contribution in [0.1, 0.15) is 31.9 Å². The summed E-state index contributed by atoms with van der Waals surface area (Å²) in [6.45, 7) is 3.32. The van der Waals surface area contributed by atoms with E-state index in [-0.39, 0.29) is 12.3 Å². The highest BCUT2D eigenvalue weighted by Crippen LogP contribution is 2.22. The van der Waals surface area contributed by atoms with Crippen molar-refractivity contribution in [3.05, 3.63) is 48.4 Å². The van der Waals surface area contributed by atoms with E-state index in [1.54, 1.807) is 24.3 Å². The number of sulfonamides is 1. The lowest BCUT2D eigenvalue weighted by Gasteiger charge is -2.28. The van der Waals surface area contributed by atoms with Gasteiger partial charge >= 0.3 is 0 Å². The van der Waals surface area contributed by atoms with E-state index in [4.69, 9.17) is 4.42 Å². The maximum Gasteiger partial charge on any atom is 0.241 e. The van der Waals surface area contributed by atoms with Crippen LogP contribution in [-0.4, -0.2) is 44.8 Å². The molecule has 0 bridgehead atoms. The Balaban J connectivity index is 1.52. The summed E-state index contributed by atoms with van der Waals surface area (Å²) in [5.74, 6) is -1.17. The second kappa shape index (κ2) is 8.87. The summed E-state index contributed by atoms with van der Waals surface area (Å²) < 4.78 is 32.1. The summed E-state index contributed by atoms with van der Waals surface area (Å²) in [4.78, 5) is 14.3. The van der Waals surface area contributed by atoms with Gasteiger partial charge in [-0.3, -0.25) is 9.52 Å². The molecule has 0 saturated carbocycles. The molecule has 0 spiro atoms. The van der Waals surface area contributed by atoms with Crippen molar-refractivity contribution in [2.45, 2.75) is 31.8 Å². The fourth-order valence-corrected chi connectivity index (χ4v) is 4.29. The van der Waals surface area contributed by atoms with Crippen molar-refractivity contribution in [2.75, 3.05) is 35.0 Å². The first-order valence-corrected chi connectivity index (χ1v) is 11.3. The van der Waals surface area contributed by atoms with Crippen LogP contribution >= 0.6 is 0 Å². The summed E-state index contributed by atoms with van der Waals surface area (Å²) >= 11 is 0. The van der Waals surface area contributed by atoms with E-state index in [9.17, 15) is 18.3 Å². The molecule has 1 aliphatic heterocycles. The average Bonchev–Trinajstić information content (AvgIpc) is 3.23. The van der Waals surface area contributed by atoms with Crippen LogP contribution in [0.5, 0.6) is 0 Å². The first-order valence-electron chi connectivity index (χ1n) is 9.64. The van der Waals surface area contributed by atoms with Gasteiger partial charge in [-0.15, -0.1) is 0 Å². The second-order valence-corrected chi connectivity index (χ2v) is 9.21. The minimum Gasteiger partial charge on any atom is -0.466 e. The van der Waals surface area contributed by atoms with Gasteiger partial charge in [0.25, 0.3) is 0 Å². The van der Waals surface area contributed by atoms with Crippen LogP contribution in [-0.2, 0) is 20.4 Å². The Hall–Kier alpha value is -2.52. The number of carbonyl (C=O) groups excluding carboxylic acids is 1. The molecule has 1 aromatic carbocycles. The second-order valence-electron chi connectivity index (χ2n) is 7.48. The number of piperidine rings is 1. The molecule has 2 heterocycles. The Morgan fingerprint density at radius 1 is 1.17 bits per heavy atom. The standard InChI is InChI=1S/C20H27N3O5S/c1-20(25,18-6-5-13-28-18)15-21-19(24)14-29(26,27)22-16-7-9-17(10-8-16)23-11-3-2-4-12-23/h5-10,13,22,25H,2-4,11-12,14-15H2,1H3,(H,21,24). The molecule has 1 fully saturated rings. The normalized spacial score (nSPS) is 16.8.